The number of carbonyl (C=O) groups excluding carboxylic acids is 1. The molecule has 5 heteroatoms. The van der Waals surface area contributed by atoms with E-state index in [1.165, 1.54) is 6.21 Å². The van der Waals surface area contributed by atoms with E-state index in [1.807, 2.05) is 30.3 Å². The molecule has 1 aliphatic heterocycles. The van der Waals surface area contributed by atoms with Crippen LogP contribution in [-0.4, -0.2) is 34.9 Å². The fraction of sp³-hybridized carbons (Fsp3) is 0.375. The standard InChI is InChI=1S/C16H19NO4/c1-11-16(21-10-12-5-3-2-4-6-12)15(20)13(8-17-11)7-14(19)9-18/h2-6,8,13-14,18-19H,7,9-10H2,1H3. The molecule has 0 bridgehead atoms. The zero-order valence-corrected chi connectivity index (χ0v) is 11.9. The molecule has 1 aliphatic rings. The second-order valence-corrected chi connectivity index (χ2v) is 5.01. The Morgan fingerprint density at radius 2 is 2.05 bits per heavy atom. The van der Waals surface area contributed by atoms with E-state index in [4.69, 9.17) is 9.84 Å². The van der Waals surface area contributed by atoms with E-state index in [1.54, 1.807) is 6.92 Å². The van der Waals surface area contributed by atoms with Crippen LogP contribution in [0.2, 0.25) is 0 Å². The Hall–Kier alpha value is -1.98. The van der Waals surface area contributed by atoms with E-state index in [9.17, 15) is 9.90 Å². The number of benzene rings is 1. The number of nitrogens with zero attached hydrogens (tertiary/aromatic N) is 1. The minimum absolute atomic E-state index is 0.143. The third-order valence-electron chi connectivity index (χ3n) is 3.30. The number of rotatable bonds is 6. The molecule has 2 N–H and O–H groups in total. The van der Waals surface area contributed by atoms with Gasteiger partial charge >= 0.3 is 0 Å². The van der Waals surface area contributed by atoms with Gasteiger partial charge in [0.05, 0.1) is 24.3 Å². The molecule has 0 aromatic heterocycles. The molecule has 0 fully saturated rings. The molecule has 5 nitrogen and oxygen atoms in total. The van der Waals surface area contributed by atoms with E-state index >= 15 is 0 Å². The summed E-state index contributed by atoms with van der Waals surface area (Å²) in [5.74, 6) is -0.524. The monoisotopic (exact) mass is 289 g/mol. The highest BCUT2D eigenvalue weighted by molar-refractivity contribution is 6.06. The quantitative estimate of drug-likeness (QED) is 0.830. The summed E-state index contributed by atoms with van der Waals surface area (Å²) in [5.41, 5.74) is 1.50. The predicted octanol–water partition coefficient (Wildman–Crippen LogP) is 1.45. The van der Waals surface area contributed by atoms with Crippen molar-refractivity contribution in [3.8, 4) is 0 Å². The van der Waals surface area contributed by atoms with Crippen LogP contribution in [0.1, 0.15) is 18.9 Å². The van der Waals surface area contributed by atoms with Crippen LogP contribution >= 0.6 is 0 Å². The summed E-state index contributed by atoms with van der Waals surface area (Å²) in [5, 5.41) is 18.3. The first-order valence-corrected chi connectivity index (χ1v) is 6.86. The van der Waals surface area contributed by atoms with Gasteiger partial charge < -0.3 is 14.9 Å². The second kappa shape index (κ2) is 7.15. The Kier molecular flexibility index (Phi) is 5.25. The second-order valence-electron chi connectivity index (χ2n) is 5.01. The summed E-state index contributed by atoms with van der Waals surface area (Å²) >= 11 is 0. The third kappa shape index (κ3) is 4.00. The van der Waals surface area contributed by atoms with E-state index in [2.05, 4.69) is 4.99 Å². The highest BCUT2D eigenvalue weighted by Gasteiger charge is 2.29. The highest BCUT2D eigenvalue weighted by atomic mass is 16.5. The smallest absolute Gasteiger partial charge is 0.207 e. The van der Waals surface area contributed by atoms with E-state index in [0.29, 0.717) is 12.3 Å². The molecule has 0 radical (unpaired) electrons. The van der Waals surface area contributed by atoms with E-state index < -0.39 is 12.0 Å². The summed E-state index contributed by atoms with van der Waals surface area (Å²) in [6, 6.07) is 9.55. The first kappa shape index (κ1) is 15.4. The average Bonchev–Trinajstić information content (AvgIpc) is 2.51. The van der Waals surface area contributed by atoms with Gasteiger partial charge in [0.15, 0.2) is 5.76 Å². The fourth-order valence-corrected chi connectivity index (χ4v) is 2.12. The van der Waals surface area contributed by atoms with Gasteiger partial charge in [-0.1, -0.05) is 30.3 Å². The Balaban J connectivity index is 2.03. The zero-order chi connectivity index (χ0) is 15.2. The molecule has 2 unspecified atom stereocenters. The first-order valence-electron chi connectivity index (χ1n) is 6.86. The summed E-state index contributed by atoms with van der Waals surface area (Å²) in [6.45, 7) is 1.64. The zero-order valence-electron chi connectivity index (χ0n) is 11.9. The minimum atomic E-state index is -0.931. The molecule has 112 valence electrons. The van der Waals surface area contributed by atoms with Crippen LogP contribution in [-0.2, 0) is 16.1 Å². The largest absolute Gasteiger partial charge is 0.483 e. The van der Waals surface area contributed by atoms with Crippen LogP contribution in [0, 0.1) is 5.92 Å². The molecule has 0 saturated heterocycles. The van der Waals surface area contributed by atoms with Gasteiger partial charge in [-0.25, -0.2) is 0 Å². The van der Waals surface area contributed by atoms with Gasteiger partial charge in [-0.15, -0.1) is 0 Å². The van der Waals surface area contributed by atoms with Crippen molar-refractivity contribution in [1.29, 1.82) is 0 Å². The lowest BCUT2D eigenvalue weighted by molar-refractivity contribution is -0.122. The topological polar surface area (TPSA) is 79.1 Å². The third-order valence-corrected chi connectivity index (χ3v) is 3.30. The molecule has 2 rings (SSSR count). The fourth-order valence-electron chi connectivity index (χ4n) is 2.12. The number of ketones is 1. The normalized spacial score (nSPS) is 19.8. The number of hydrogen-bond donors (Lipinski definition) is 2. The molecule has 0 aliphatic carbocycles. The maximum Gasteiger partial charge on any atom is 0.207 e. The molecule has 0 spiro atoms. The van der Waals surface area contributed by atoms with Crippen molar-refractivity contribution in [2.75, 3.05) is 6.61 Å². The van der Waals surface area contributed by atoms with Gasteiger partial charge in [0.25, 0.3) is 0 Å². The number of ether oxygens (including phenoxy) is 1. The number of Topliss-reactive ketones (excluding diaryl/α,β-unsaturated/α-hetero) is 1. The molecule has 0 amide bonds. The van der Waals surface area contributed by atoms with Crippen molar-refractivity contribution in [3.63, 3.8) is 0 Å². The maximum absolute atomic E-state index is 12.3. The van der Waals surface area contributed by atoms with Crippen molar-refractivity contribution in [3.05, 3.63) is 47.4 Å². The number of hydrogen-bond acceptors (Lipinski definition) is 5. The number of aliphatic hydroxyl groups excluding tert-OH is 2. The first-order chi connectivity index (χ1) is 10.1. The van der Waals surface area contributed by atoms with Crippen LogP contribution in [0.5, 0.6) is 0 Å². The van der Waals surface area contributed by atoms with Crippen LogP contribution in [0.4, 0.5) is 0 Å². The van der Waals surface area contributed by atoms with Crippen molar-refractivity contribution in [1.82, 2.24) is 0 Å². The maximum atomic E-state index is 12.3. The lowest BCUT2D eigenvalue weighted by Gasteiger charge is -2.21. The average molecular weight is 289 g/mol. The lowest BCUT2D eigenvalue weighted by atomic mass is 9.94. The minimum Gasteiger partial charge on any atom is -0.483 e. The summed E-state index contributed by atoms with van der Waals surface area (Å²) in [6.07, 6.45) is 0.718. The SMILES string of the molecule is CC1=C(OCc2ccccc2)C(=O)C(CC(O)CO)C=N1. The van der Waals surface area contributed by atoms with Crippen LogP contribution in [0.3, 0.4) is 0 Å². The molecule has 1 aromatic rings. The molecule has 1 aromatic carbocycles. The van der Waals surface area contributed by atoms with Gasteiger partial charge in [-0.3, -0.25) is 9.79 Å². The summed E-state index contributed by atoms with van der Waals surface area (Å²) < 4.78 is 5.61. The van der Waals surface area contributed by atoms with Gasteiger partial charge in [0.2, 0.25) is 5.78 Å². The molecular weight excluding hydrogens is 270 g/mol. The Morgan fingerprint density at radius 1 is 1.33 bits per heavy atom. The van der Waals surface area contributed by atoms with Crippen molar-refractivity contribution in [2.24, 2.45) is 10.9 Å². The predicted molar refractivity (Wildman–Crippen MR) is 78.6 cm³/mol. The molecule has 0 saturated carbocycles. The number of allylic oxidation sites excluding steroid dienone is 2. The van der Waals surface area contributed by atoms with Crippen LogP contribution in [0.25, 0.3) is 0 Å². The van der Waals surface area contributed by atoms with Gasteiger partial charge in [-0.2, -0.15) is 0 Å². The van der Waals surface area contributed by atoms with Gasteiger partial charge in [-0.05, 0) is 18.9 Å². The molecule has 1 heterocycles. The van der Waals surface area contributed by atoms with Gasteiger partial charge in [0.1, 0.15) is 6.61 Å². The van der Waals surface area contributed by atoms with Crippen molar-refractivity contribution in [2.45, 2.75) is 26.1 Å². The number of aliphatic imine (C=N–C) groups is 1. The lowest BCUT2D eigenvalue weighted by Crippen LogP contribution is -2.29. The summed E-state index contributed by atoms with van der Waals surface area (Å²) in [4.78, 5) is 16.5. The summed E-state index contributed by atoms with van der Waals surface area (Å²) in [7, 11) is 0. The van der Waals surface area contributed by atoms with E-state index in [-0.39, 0.29) is 24.6 Å². The Morgan fingerprint density at radius 3 is 2.71 bits per heavy atom. The number of aliphatic hydroxyl groups is 2. The Labute approximate surface area is 123 Å². The number of carbonyl (C=O) groups is 1. The van der Waals surface area contributed by atoms with Gasteiger partial charge in [0, 0.05) is 6.21 Å². The molecular formula is C16H19NO4. The van der Waals surface area contributed by atoms with Crippen LogP contribution < -0.4 is 0 Å². The van der Waals surface area contributed by atoms with E-state index in [0.717, 1.165) is 5.56 Å². The Bertz CT molecular complexity index is 551. The van der Waals surface area contributed by atoms with Crippen LogP contribution in [0.15, 0.2) is 46.8 Å². The molecule has 21 heavy (non-hydrogen) atoms. The van der Waals surface area contributed by atoms with Crippen molar-refractivity contribution < 1.29 is 19.7 Å². The molecule has 2 atom stereocenters. The van der Waals surface area contributed by atoms with Crippen molar-refractivity contribution >= 4 is 12.0 Å². The highest BCUT2D eigenvalue weighted by Crippen LogP contribution is 2.22.